The van der Waals surface area contributed by atoms with Gasteiger partial charge in [-0.25, -0.2) is 15.0 Å². The SMILES string of the molecule is c1ccc(-c2nc(-c3ccccc3)nc(-c3ccc(-c4ccc5c(ccc6cc(-c7ccc8sc9ccccc9c8c7)ccc65)c4)cc3)n2)cc1. The molecule has 0 aliphatic rings. The van der Waals surface area contributed by atoms with E-state index in [-0.39, 0.29) is 0 Å². The van der Waals surface area contributed by atoms with Crippen molar-refractivity contribution in [3.63, 3.8) is 0 Å². The molecule has 0 bridgehead atoms. The Morgan fingerprint density at radius 2 is 0.706 bits per heavy atom. The first-order valence-electron chi connectivity index (χ1n) is 17.1. The van der Waals surface area contributed by atoms with E-state index in [1.165, 1.54) is 58.4 Å². The van der Waals surface area contributed by atoms with Gasteiger partial charge in [-0.2, -0.15) is 0 Å². The van der Waals surface area contributed by atoms with Gasteiger partial charge in [-0.05, 0) is 74.1 Å². The molecule has 0 spiro atoms. The average molecular weight is 668 g/mol. The fourth-order valence-corrected chi connectivity index (χ4v) is 8.17. The van der Waals surface area contributed by atoms with Gasteiger partial charge in [0.25, 0.3) is 0 Å². The summed E-state index contributed by atoms with van der Waals surface area (Å²) in [5, 5.41) is 7.64. The normalized spacial score (nSPS) is 11.5. The second-order valence-electron chi connectivity index (χ2n) is 12.9. The zero-order valence-electron chi connectivity index (χ0n) is 27.5. The van der Waals surface area contributed by atoms with E-state index in [0.29, 0.717) is 17.5 Å². The van der Waals surface area contributed by atoms with E-state index >= 15 is 0 Å². The molecule has 0 atom stereocenters. The second-order valence-corrected chi connectivity index (χ2v) is 13.9. The van der Waals surface area contributed by atoms with Crippen LogP contribution >= 0.6 is 11.3 Å². The van der Waals surface area contributed by atoms with Crippen molar-refractivity contribution in [1.82, 2.24) is 15.0 Å². The third-order valence-corrected chi connectivity index (χ3v) is 10.9. The Morgan fingerprint density at radius 1 is 0.275 bits per heavy atom. The highest BCUT2D eigenvalue weighted by Crippen LogP contribution is 2.38. The third kappa shape index (κ3) is 5.34. The van der Waals surface area contributed by atoms with Gasteiger partial charge in [-0.15, -0.1) is 11.3 Å². The number of rotatable bonds is 5. The molecule has 8 aromatic carbocycles. The average Bonchev–Trinajstić information content (AvgIpc) is 3.59. The first kappa shape index (κ1) is 29.4. The molecule has 0 unspecified atom stereocenters. The molecule has 0 N–H and O–H groups in total. The number of thiophene rings is 1. The molecule has 2 heterocycles. The van der Waals surface area contributed by atoms with Gasteiger partial charge < -0.3 is 0 Å². The Balaban J connectivity index is 0.974. The number of nitrogens with zero attached hydrogens (tertiary/aromatic N) is 3. The molecule has 238 valence electrons. The van der Waals surface area contributed by atoms with Crippen molar-refractivity contribution in [2.24, 2.45) is 0 Å². The summed E-state index contributed by atoms with van der Waals surface area (Å²) < 4.78 is 2.67. The van der Waals surface area contributed by atoms with Gasteiger partial charge >= 0.3 is 0 Å². The third-order valence-electron chi connectivity index (χ3n) is 9.72. The van der Waals surface area contributed by atoms with E-state index in [0.717, 1.165) is 22.3 Å². The first-order valence-corrected chi connectivity index (χ1v) is 17.9. The van der Waals surface area contributed by atoms with Crippen molar-refractivity contribution in [2.75, 3.05) is 0 Å². The lowest BCUT2D eigenvalue weighted by molar-refractivity contribution is 1.07. The Kier molecular flexibility index (Phi) is 7.00. The van der Waals surface area contributed by atoms with Crippen LogP contribution in [0.5, 0.6) is 0 Å². The Hall–Kier alpha value is -6.49. The van der Waals surface area contributed by atoms with Crippen molar-refractivity contribution in [1.29, 1.82) is 0 Å². The predicted molar refractivity (Wildman–Crippen MR) is 215 cm³/mol. The Labute approximate surface area is 299 Å². The van der Waals surface area contributed by atoms with E-state index < -0.39 is 0 Å². The fourth-order valence-electron chi connectivity index (χ4n) is 7.09. The van der Waals surface area contributed by atoms with Crippen molar-refractivity contribution in [3.05, 3.63) is 176 Å². The van der Waals surface area contributed by atoms with Crippen LogP contribution in [-0.2, 0) is 0 Å². The van der Waals surface area contributed by atoms with E-state index in [9.17, 15) is 0 Å². The zero-order valence-corrected chi connectivity index (χ0v) is 28.3. The molecule has 10 rings (SSSR count). The summed E-state index contributed by atoms with van der Waals surface area (Å²) >= 11 is 1.86. The molecule has 0 saturated carbocycles. The molecule has 51 heavy (non-hydrogen) atoms. The largest absolute Gasteiger partial charge is 0.208 e. The number of benzene rings is 8. The summed E-state index contributed by atoms with van der Waals surface area (Å²) in [6.07, 6.45) is 0. The molecule has 0 aliphatic heterocycles. The van der Waals surface area contributed by atoms with Gasteiger partial charge in [0, 0.05) is 36.9 Å². The van der Waals surface area contributed by atoms with Gasteiger partial charge in [-0.3, -0.25) is 0 Å². The van der Waals surface area contributed by atoms with Gasteiger partial charge in [0.15, 0.2) is 17.5 Å². The summed E-state index contributed by atoms with van der Waals surface area (Å²) in [6, 6.07) is 62.4. The van der Waals surface area contributed by atoms with Crippen LogP contribution in [0.15, 0.2) is 176 Å². The summed E-state index contributed by atoms with van der Waals surface area (Å²) in [7, 11) is 0. The van der Waals surface area contributed by atoms with Crippen molar-refractivity contribution in [2.45, 2.75) is 0 Å². The molecule has 0 amide bonds. The maximum absolute atomic E-state index is 4.90. The molecule has 0 aliphatic carbocycles. The smallest absolute Gasteiger partial charge is 0.164 e. The molecular weight excluding hydrogens is 639 g/mol. The number of hydrogen-bond acceptors (Lipinski definition) is 4. The second kappa shape index (κ2) is 12.1. The lowest BCUT2D eigenvalue weighted by Gasteiger charge is -2.11. The zero-order chi connectivity index (χ0) is 33.7. The Bertz CT molecular complexity index is 2840. The fraction of sp³-hybridized carbons (Fsp3) is 0. The summed E-state index contributed by atoms with van der Waals surface area (Å²) in [5.74, 6) is 1.98. The quantitative estimate of drug-likeness (QED) is 0.171. The highest BCUT2D eigenvalue weighted by molar-refractivity contribution is 7.25. The molecule has 3 nitrogen and oxygen atoms in total. The van der Waals surface area contributed by atoms with Gasteiger partial charge in [0.2, 0.25) is 0 Å². The summed E-state index contributed by atoms with van der Waals surface area (Å²) in [4.78, 5) is 14.6. The number of fused-ring (bicyclic) bond motifs is 6. The van der Waals surface area contributed by atoms with Crippen LogP contribution in [-0.4, -0.2) is 15.0 Å². The van der Waals surface area contributed by atoms with Crippen LogP contribution in [0.1, 0.15) is 0 Å². The molecule has 0 radical (unpaired) electrons. The Morgan fingerprint density at radius 3 is 1.31 bits per heavy atom. The van der Waals surface area contributed by atoms with Crippen LogP contribution in [0.3, 0.4) is 0 Å². The van der Waals surface area contributed by atoms with Crippen LogP contribution in [0.4, 0.5) is 0 Å². The van der Waals surface area contributed by atoms with E-state index in [2.05, 4.69) is 115 Å². The lowest BCUT2D eigenvalue weighted by atomic mass is 9.94. The monoisotopic (exact) mass is 667 g/mol. The molecular formula is C47H29N3S. The van der Waals surface area contributed by atoms with Crippen molar-refractivity contribution < 1.29 is 0 Å². The minimum absolute atomic E-state index is 0.655. The number of hydrogen-bond donors (Lipinski definition) is 0. The number of aromatic nitrogens is 3. The first-order chi connectivity index (χ1) is 25.2. The molecule has 2 aromatic heterocycles. The molecule has 0 saturated heterocycles. The summed E-state index contributed by atoms with van der Waals surface area (Å²) in [6.45, 7) is 0. The van der Waals surface area contributed by atoms with Crippen molar-refractivity contribution >= 4 is 53.1 Å². The van der Waals surface area contributed by atoms with Crippen molar-refractivity contribution in [3.8, 4) is 56.4 Å². The van der Waals surface area contributed by atoms with Crippen LogP contribution < -0.4 is 0 Å². The lowest BCUT2D eigenvalue weighted by Crippen LogP contribution is -2.00. The van der Waals surface area contributed by atoms with Gasteiger partial charge in [0.1, 0.15) is 0 Å². The minimum Gasteiger partial charge on any atom is -0.208 e. The molecule has 4 heteroatoms. The predicted octanol–water partition coefficient (Wildman–Crippen LogP) is 12.9. The molecule has 0 fully saturated rings. The van der Waals surface area contributed by atoms with Crippen LogP contribution in [0, 0.1) is 0 Å². The minimum atomic E-state index is 0.655. The molecule has 10 aromatic rings. The highest BCUT2D eigenvalue weighted by atomic mass is 32.1. The van der Waals surface area contributed by atoms with E-state index in [4.69, 9.17) is 15.0 Å². The van der Waals surface area contributed by atoms with Gasteiger partial charge in [0.05, 0.1) is 0 Å². The maximum atomic E-state index is 4.90. The topological polar surface area (TPSA) is 38.7 Å². The standard InChI is InChI=1S/C47H29N3S/c1-3-9-31(10-4-1)45-48-46(32-11-5-2-6-12-32)50-47(49-45)33-17-15-30(16-18-33)34-21-24-39-37(27-34)19-20-38-28-35(22-25-40(38)39)36-23-26-44-42(29-36)41-13-7-8-14-43(41)51-44/h1-29H. The van der Waals surface area contributed by atoms with E-state index in [1.807, 2.05) is 72.0 Å². The van der Waals surface area contributed by atoms with Gasteiger partial charge in [-0.1, -0.05) is 146 Å². The van der Waals surface area contributed by atoms with Crippen LogP contribution in [0.25, 0.3) is 98.1 Å². The maximum Gasteiger partial charge on any atom is 0.164 e. The van der Waals surface area contributed by atoms with E-state index in [1.54, 1.807) is 0 Å². The van der Waals surface area contributed by atoms with Crippen LogP contribution in [0.2, 0.25) is 0 Å². The summed E-state index contributed by atoms with van der Waals surface area (Å²) in [5.41, 5.74) is 7.67. The highest BCUT2D eigenvalue weighted by Gasteiger charge is 2.13.